The van der Waals surface area contributed by atoms with Crippen LogP contribution in [-0.2, 0) is 9.53 Å². The maximum atomic E-state index is 11.3. The first-order chi connectivity index (χ1) is 8.11. The molecule has 0 aliphatic carbocycles. The average Bonchev–Trinajstić information content (AvgIpc) is 2.70. The molecule has 0 aliphatic rings. The Kier molecular flexibility index (Phi) is 2.82. The third-order valence-corrected chi connectivity index (χ3v) is 2.30. The van der Waals surface area contributed by atoms with Crippen molar-refractivity contribution in [2.75, 3.05) is 7.11 Å². The summed E-state index contributed by atoms with van der Waals surface area (Å²) >= 11 is 0. The van der Waals surface area contributed by atoms with Gasteiger partial charge in [-0.15, -0.1) is 0 Å². The first-order valence-corrected chi connectivity index (χ1v) is 5.00. The van der Waals surface area contributed by atoms with E-state index in [-0.39, 0.29) is 0 Å². The molecule has 0 amide bonds. The standard InChI is InChI=1S/C12H11NO4/c1-8(14)17-13-6-5-9-7-10(12(15)16-2)3-4-11(9)13/h3-7H,1-2H3. The van der Waals surface area contributed by atoms with Crippen LogP contribution in [0.5, 0.6) is 0 Å². The highest BCUT2D eigenvalue weighted by Gasteiger charge is 2.09. The minimum Gasteiger partial charge on any atom is -0.465 e. The summed E-state index contributed by atoms with van der Waals surface area (Å²) in [6.45, 7) is 1.33. The predicted molar refractivity (Wildman–Crippen MR) is 60.5 cm³/mol. The summed E-state index contributed by atoms with van der Waals surface area (Å²) in [6.07, 6.45) is 1.62. The summed E-state index contributed by atoms with van der Waals surface area (Å²) in [4.78, 5) is 27.1. The van der Waals surface area contributed by atoms with Gasteiger partial charge in [-0.05, 0) is 24.3 Å². The van der Waals surface area contributed by atoms with Gasteiger partial charge in [-0.3, -0.25) is 0 Å². The summed E-state index contributed by atoms with van der Waals surface area (Å²) in [5.41, 5.74) is 1.17. The van der Waals surface area contributed by atoms with Crippen LogP contribution in [0, 0.1) is 0 Å². The van der Waals surface area contributed by atoms with Crippen molar-refractivity contribution in [1.82, 2.24) is 4.73 Å². The summed E-state index contributed by atoms with van der Waals surface area (Å²) in [5, 5.41) is 0.800. The Bertz CT molecular complexity index is 585. The lowest BCUT2D eigenvalue weighted by Crippen LogP contribution is -2.15. The van der Waals surface area contributed by atoms with Crippen LogP contribution in [0.15, 0.2) is 30.5 Å². The smallest absolute Gasteiger partial charge is 0.337 e. The number of carbonyl (C=O) groups is 2. The van der Waals surface area contributed by atoms with Gasteiger partial charge >= 0.3 is 11.9 Å². The lowest BCUT2D eigenvalue weighted by atomic mass is 10.1. The Balaban J connectivity index is 2.44. The lowest BCUT2D eigenvalue weighted by Gasteiger charge is -2.04. The molecule has 0 aliphatic heterocycles. The Morgan fingerprint density at radius 1 is 1.24 bits per heavy atom. The van der Waals surface area contributed by atoms with E-state index in [9.17, 15) is 9.59 Å². The quantitative estimate of drug-likeness (QED) is 0.736. The number of fused-ring (bicyclic) bond motifs is 1. The second-order valence-corrected chi connectivity index (χ2v) is 3.49. The summed E-state index contributed by atoms with van der Waals surface area (Å²) in [7, 11) is 1.33. The van der Waals surface area contributed by atoms with E-state index >= 15 is 0 Å². The van der Waals surface area contributed by atoms with Gasteiger partial charge in [0.1, 0.15) is 0 Å². The van der Waals surface area contributed by atoms with Gasteiger partial charge in [0.15, 0.2) is 0 Å². The van der Waals surface area contributed by atoms with Gasteiger partial charge in [0.05, 0.1) is 18.2 Å². The number of nitrogens with zero attached hydrogens (tertiary/aromatic N) is 1. The zero-order valence-electron chi connectivity index (χ0n) is 9.47. The minimum atomic E-state index is -0.403. The highest BCUT2D eigenvalue weighted by molar-refractivity contribution is 5.94. The molecule has 17 heavy (non-hydrogen) atoms. The molecule has 88 valence electrons. The molecule has 0 atom stereocenters. The molecule has 1 heterocycles. The maximum Gasteiger partial charge on any atom is 0.337 e. The maximum absolute atomic E-state index is 11.3. The van der Waals surface area contributed by atoms with Crippen molar-refractivity contribution in [1.29, 1.82) is 0 Å². The second-order valence-electron chi connectivity index (χ2n) is 3.49. The molecule has 2 aromatic rings. The van der Waals surface area contributed by atoms with Gasteiger partial charge in [0.25, 0.3) is 0 Å². The van der Waals surface area contributed by atoms with Crippen LogP contribution < -0.4 is 4.84 Å². The number of rotatable bonds is 2. The largest absolute Gasteiger partial charge is 0.465 e. The van der Waals surface area contributed by atoms with E-state index < -0.39 is 11.9 Å². The summed E-state index contributed by atoms with van der Waals surface area (Å²) in [5.74, 6) is -0.799. The van der Waals surface area contributed by atoms with E-state index in [2.05, 4.69) is 4.74 Å². The van der Waals surface area contributed by atoms with Crippen molar-refractivity contribution in [3.63, 3.8) is 0 Å². The van der Waals surface area contributed by atoms with Crippen molar-refractivity contribution in [2.24, 2.45) is 0 Å². The van der Waals surface area contributed by atoms with E-state index in [4.69, 9.17) is 4.84 Å². The summed E-state index contributed by atoms with van der Waals surface area (Å²) in [6, 6.07) is 6.75. The third-order valence-electron chi connectivity index (χ3n) is 2.30. The molecule has 0 fully saturated rings. The number of hydrogen-bond donors (Lipinski definition) is 0. The second kappa shape index (κ2) is 4.29. The van der Waals surface area contributed by atoms with E-state index in [1.54, 1.807) is 30.5 Å². The van der Waals surface area contributed by atoms with Crippen LogP contribution in [0.2, 0.25) is 0 Å². The molecule has 1 aromatic carbocycles. The molecule has 2 rings (SSSR count). The van der Waals surface area contributed by atoms with Crippen molar-refractivity contribution in [3.8, 4) is 0 Å². The topological polar surface area (TPSA) is 57.5 Å². The van der Waals surface area contributed by atoms with E-state index in [1.165, 1.54) is 18.8 Å². The lowest BCUT2D eigenvalue weighted by molar-refractivity contribution is -0.140. The fraction of sp³-hybridized carbons (Fsp3) is 0.167. The number of methoxy groups -OCH3 is 1. The van der Waals surface area contributed by atoms with Gasteiger partial charge in [-0.1, -0.05) is 0 Å². The van der Waals surface area contributed by atoms with Crippen LogP contribution in [0.25, 0.3) is 10.9 Å². The molecule has 0 unspecified atom stereocenters. The summed E-state index contributed by atoms with van der Waals surface area (Å²) < 4.78 is 5.99. The Hall–Kier alpha value is -2.30. The van der Waals surface area contributed by atoms with E-state index in [1.807, 2.05) is 0 Å². The van der Waals surface area contributed by atoms with Gasteiger partial charge in [0, 0.05) is 18.5 Å². The molecule has 0 N–H and O–H groups in total. The first-order valence-electron chi connectivity index (χ1n) is 5.00. The zero-order valence-corrected chi connectivity index (χ0v) is 9.47. The molecule has 5 nitrogen and oxygen atoms in total. The zero-order chi connectivity index (χ0) is 12.4. The molecule has 0 saturated carbocycles. The minimum absolute atomic E-state index is 0.396. The molecule has 0 radical (unpaired) electrons. The highest BCUT2D eigenvalue weighted by Crippen LogP contribution is 2.17. The monoisotopic (exact) mass is 233 g/mol. The van der Waals surface area contributed by atoms with Crippen molar-refractivity contribution >= 4 is 22.8 Å². The fourth-order valence-electron chi connectivity index (χ4n) is 1.58. The average molecular weight is 233 g/mol. The van der Waals surface area contributed by atoms with Gasteiger partial charge < -0.3 is 9.57 Å². The van der Waals surface area contributed by atoms with Gasteiger partial charge in [0.2, 0.25) is 0 Å². The molecule has 5 heteroatoms. The molecule has 0 spiro atoms. The van der Waals surface area contributed by atoms with E-state index in [0.29, 0.717) is 11.1 Å². The van der Waals surface area contributed by atoms with Crippen LogP contribution in [0.3, 0.4) is 0 Å². The Morgan fingerprint density at radius 2 is 2.00 bits per heavy atom. The number of hydrogen-bond acceptors (Lipinski definition) is 4. The Labute approximate surface area is 97.5 Å². The van der Waals surface area contributed by atoms with Gasteiger partial charge in [-0.2, -0.15) is 4.73 Å². The number of benzene rings is 1. The van der Waals surface area contributed by atoms with Gasteiger partial charge in [-0.25, -0.2) is 9.59 Å². The number of aromatic nitrogens is 1. The van der Waals surface area contributed by atoms with E-state index in [0.717, 1.165) is 5.39 Å². The fourth-order valence-corrected chi connectivity index (χ4v) is 1.58. The van der Waals surface area contributed by atoms with Crippen LogP contribution >= 0.6 is 0 Å². The molecule has 1 aromatic heterocycles. The normalized spacial score (nSPS) is 10.2. The van der Waals surface area contributed by atoms with Crippen LogP contribution in [-0.4, -0.2) is 23.8 Å². The SMILES string of the molecule is COC(=O)c1ccc2c(ccn2OC(C)=O)c1. The van der Waals surface area contributed by atoms with Crippen LogP contribution in [0.1, 0.15) is 17.3 Å². The third kappa shape index (κ3) is 2.13. The predicted octanol–water partition coefficient (Wildman–Crippen LogP) is 1.40. The number of esters is 1. The number of ether oxygens (including phenoxy) is 1. The van der Waals surface area contributed by atoms with Crippen LogP contribution in [0.4, 0.5) is 0 Å². The molecular formula is C12H11NO4. The first kappa shape index (κ1) is 11.2. The number of carbonyl (C=O) groups excluding carboxylic acids is 2. The molecule has 0 saturated heterocycles. The van der Waals surface area contributed by atoms with Crippen molar-refractivity contribution < 1.29 is 19.2 Å². The Morgan fingerprint density at radius 3 is 2.65 bits per heavy atom. The molecular weight excluding hydrogens is 222 g/mol. The van der Waals surface area contributed by atoms with Crippen molar-refractivity contribution in [2.45, 2.75) is 6.92 Å². The molecule has 0 bridgehead atoms. The highest BCUT2D eigenvalue weighted by atomic mass is 16.7. The van der Waals surface area contributed by atoms with Crippen molar-refractivity contribution in [3.05, 3.63) is 36.0 Å².